The van der Waals surface area contributed by atoms with Crippen molar-refractivity contribution in [2.45, 2.75) is 0 Å². The molecule has 1 rings (SSSR count). The van der Waals surface area contributed by atoms with Crippen LogP contribution in [0.1, 0.15) is 10.4 Å². The number of rotatable bonds is 2. The topological polar surface area (TPSA) is 63.6 Å². The minimum absolute atomic E-state index is 0.0469. The summed E-state index contributed by atoms with van der Waals surface area (Å²) in [6.45, 7) is 0. The molecule has 0 bridgehead atoms. The van der Waals surface area contributed by atoms with Gasteiger partial charge in [0.05, 0.1) is 12.7 Å². The molecule has 0 fully saturated rings. The van der Waals surface area contributed by atoms with E-state index < -0.39 is 11.8 Å². The van der Waals surface area contributed by atoms with Crippen molar-refractivity contribution in [2.24, 2.45) is 0 Å². The summed E-state index contributed by atoms with van der Waals surface area (Å²) >= 11 is 0. The Hall–Kier alpha value is -1.84. The monoisotopic (exact) mass is 180 g/mol. The van der Waals surface area contributed by atoms with E-state index in [0.29, 0.717) is 0 Å². The Morgan fingerprint density at radius 2 is 1.92 bits per heavy atom. The summed E-state index contributed by atoms with van der Waals surface area (Å²) in [6.07, 6.45) is 0. The number of carbonyl (C=O) groups is 2. The van der Waals surface area contributed by atoms with Crippen LogP contribution in [0.3, 0.4) is 0 Å². The van der Waals surface area contributed by atoms with E-state index in [1.165, 1.54) is 12.1 Å². The predicted molar refractivity (Wildman–Crippen MR) is 44.5 cm³/mol. The molecule has 0 amide bonds. The summed E-state index contributed by atoms with van der Waals surface area (Å²) in [5, 5.41) is 9.20. The number of carbonyl (C=O) groups excluding carboxylic acids is 2. The van der Waals surface area contributed by atoms with Crippen molar-refractivity contribution in [1.82, 2.24) is 0 Å². The van der Waals surface area contributed by atoms with Crippen LogP contribution >= 0.6 is 0 Å². The molecule has 68 valence electrons. The summed E-state index contributed by atoms with van der Waals surface area (Å²) in [6, 6.07) is 5.80. The van der Waals surface area contributed by atoms with Gasteiger partial charge >= 0.3 is 5.97 Å². The van der Waals surface area contributed by atoms with Gasteiger partial charge in [0.15, 0.2) is 0 Å². The van der Waals surface area contributed by atoms with Crippen LogP contribution in [-0.2, 0) is 9.53 Å². The molecule has 0 aliphatic rings. The molecule has 1 aromatic carbocycles. The first kappa shape index (κ1) is 9.25. The molecule has 0 heterocycles. The highest BCUT2D eigenvalue weighted by Crippen LogP contribution is 2.16. The van der Waals surface area contributed by atoms with Crippen molar-refractivity contribution in [3.8, 4) is 5.75 Å². The molecule has 0 aliphatic heterocycles. The molecule has 0 unspecified atom stereocenters. The molecule has 1 N–H and O–H groups in total. The fraction of sp³-hybridized carbons (Fsp3) is 0.111. The second-order valence-electron chi connectivity index (χ2n) is 2.34. The lowest BCUT2D eigenvalue weighted by Crippen LogP contribution is -2.15. The first-order chi connectivity index (χ1) is 6.16. The number of ketones is 1. The second-order valence-corrected chi connectivity index (χ2v) is 2.34. The third-order valence-electron chi connectivity index (χ3n) is 1.52. The number of para-hydroxylation sites is 1. The largest absolute Gasteiger partial charge is 0.507 e. The third kappa shape index (κ3) is 1.84. The quantitative estimate of drug-likeness (QED) is 0.414. The number of phenolic OH excluding ortho intramolecular Hbond substituents is 1. The van der Waals surface area contributed by atoms with Crippen LogP contribution in [0.4, 0.5) is 0 Å². The van der Waals surface area contributed by atoms with Crippen LogP contribution in [0, 0.1) is 0 Å². The Bertz CT molecular complexity index is 343. The first-order valence-electron chi connectivity index (χ1n) is 3.57. The number of hydrogen-bond donors (Lipinski definition) is 1. The highest BCUT2D eigenvalue weighted by molar-refractivity contribution is 6.41. The van der Waals surface area contributed by atoms with Crippen LogP contribution in [0.2, 0.25) is 0 Å². The van der Waals surface area contributed by atoms with Gasteiger partial charge in [-0.15, -0.1) is 0 Å². The number of benzene rings is 1. The SMILES string of the molecule is COC(=O)C(=O)c1ccccc1O. The zero-order valence-corrected chi connectivity index (χ0v) is 6.98. The Kier molecular flexibility index (Phi) is 2.64. The van der Waals surface area contributed by atoms with Gasteiger partial charge in [0.1, 0.15) is 5.75 Å². The maximum absolute atomic E-state index is 11.2. The van der Waals surface area contributed by atoms with E-state index in [1.54, 1.807) is 12.1 Å². The lowest BCUT2D eigenvalue weighted by atomic mass is 10.1. The van der Waals surface area contributed by atoms with E-state index in [0.717, 1.165) is 7.11 Å². The van der Waals surface area contributed by atoms with Crippen LogP contribution in [-0.4, -0.2) is 24.0 Å². The van der Waals surface area contributed by atoms with Gasteiger partial charge in [-0.3, -0.25) is 4.79 Å². The molecule has 0 spiro atoms. The Morgan fingerprint density at radius 3 is 2.46 bits per heavy atom. The normalized spacial score (nSPS) is 9.31. The number of aromatic hydroxyl groups is 1. The minimum atomic E-state index is -0.985. The number of methoxy groups -OCH3 is 1. The minimum Gasteiger partial charge on any atom is -0.507 e. The van der Waals surface area contributed by atoms with Crippen LogP contribution in [0.5, 0.6) is 5.75 Å². The maximum Gasteiger partial charge on any atom is 0.379 e. The van der Waals surface area contributed by atoms with Gasteiger partial charge in [-0.1, -0.05) is 12.1 Å². The average molecular weight is 180 g/mol. The van der Waals surface area contributed by atoms with Crippen molar-refractivity contribution in [3.63, 3.8) is 0 Å². The Morgan fingerprint density at radius 1 is 1.31 bits per heavy atom. The van der Waals surface area contributed by atoms with E-state index >= 15 is 0 Å². The lowest BCUT2D eigenvalue weighted by molar-refractivity contribution is -0.135. The second kappa shape index (κ2) is 3.71. The fourth-order valence-corrected chi connectivity index (χ4v) is 0.868. The summed E-state index contributed by atoms with van der Waals surface area (Å²) in [5.41, 5.74) is -0.0469. The molecular weight excluding hydrogens is 172 g/mol. The van der Waals surface area contributed by atoms with Crippen LogP contribution < -0.4 is 0 Å². The smallest absolute Gasteiger partial charge is 0.379 e. The lowest BCUT2D eigenvalue weighted by Gasteiger charge is -2.00. The van der Waals surface area contributed by atoms with E-state index in [2.05, 4.69) is 4.74 Å². The van der Waals surface area contributed by atoms with Crippen molar-refractivity contribution in [3.05, 3.63) is 29.8 Å². The molecule has 0 saturated carbocycles. The van der Waals surface area contributed by atoms with E-state index in [4.69, 9.17) is 0 Å². The average Bonchev–Trinajstić information content (AvgIpc) is 2.16. The van der Waals surface area contributed by atoms with Crippen molar-refractivity contribution >= 4 is 11.8 Å². The summed E-state index contributed by atoms with van der Waals surface area (Å²) in [7, 11) is 1.11. The molecule has 13 heavy (non-hydrogen) atoms. The molecule has 1 aromatic rings. The Balaban J connectivity index is 3.02. The van der Waals surface area contributed by atoms with E-state index in [1.807, 2.05) is 0 Å². The van der Waals surface area contributed by atoms with Gasteiger partial charge < -0.3 is 9.84 Å². The van der Waals surface area contributed by atoms with E-state index in [9.17, 15) is 14.7 Å². The zero-order chi connectivity index (χ0) is 9.84. The van der Waals surface area contributed by atoms with Gasteiger partial charge in [-0.2, -0.15) is 0 Å². The van der Waals surface area contributed by atoms with Gasteiger partial charge in [-0.05, 0) is 12.1 Å². The summed E-state index contributed by atoms with van der Waals surface area (Å²) < 4.78 is 4.22. The van der Waals surface area contributed by atoms with E-state index in [-0.39, 0.29) is 11.3 Å². The molecule has 0 aliphatic carbocycles. The molecular formula is C9H8O4. The standard InChI is InChI=1S/C9H8O4/c1-13-9(12)8(11)6-4-2-3-5-7(6)10/h2-5,10H,1H3. The number of esters is 1. The van der Waals surface area contributed by atoms with Gasteiger partial charge in [0, 0.05) is 0 Å². The van der Waals surface area contributed by atoms with Crippen LogP contribution in [0.25, 0.3) is 0 Å². The number of ether oxygens (including phenoxy) is 1. The predicted octanol–water partition coefficient (Wildman–Crippen LogP) is 0.748. The molecule has 4 nitrogen and oxygen atoms in total. The zero-order valence-electron chi connectivity index (χ0n) is 6.98. The number of phenols is 1. The molecule has 0 saturated heterocycles. The Labute approximate surface area is 74.8 Å². The van der Waals surface area contributed by atoms with Crippen LogP contribution in [0.15, 0.2) is 24.3 Å². The first-order valence-corrected chi connectivity index (χ1v) is 3.57. The number of hydrogen-bond acceptors (Lipinski definition) is 4. The fourth-order valence-electron chi connectivity index (χ4n) is 0.868. The molecule has 0 atom stereocenters. The highest BCUT2D eigenvalue weighted by atomic mass is 16.5. The maximum atomic E-state index is 11.2. The third-order valence-corrected chi connectivity index (χ3v) is 1.52. The van der Waals surface area contributed by atoms with Gasteiger partial charge in [0.2, 0.25) is 0 Å². The molecule has 4 heteroatoms. The van der Waals surface area contributed by atoms with Crippen molar-refractivity contribution in [2.75, 3.05) is 7.11 Å². The van der Waals surface area contributed by atoms with Gasteiger partial charge in [-0.25, -0.2) is 4.79 Å². The summed E-state index contributed by atoms with van der Waals surface area (Å²) in [4.78, 5) is 21.9. The highest BCUT2D eigenvalue weighted by Gasteiger charge is 2.19. The summed E-state index contributed by atoms with van der Waals surface area (Å²) in [5.74, 6) is -2.06. The molecule has 0 aromatic heterocycles. The van der Waals surface area contributed by atoms with Crippen molar-refractivity contribution < 1.29 is 19.4 Å². The number of Topliss-reactive ketones (excluding diaryl/α,β-unsaturated/α-hetero) is 1. The molecule has 0 radical (unpaired) electrons. The van der Waals surface area contributed by atoms with Gasteiger partial charge in [0.25, 0.3) is 5.78 Å². The van der Waals surface area contributed by atoms with Crippen molar-refractivity contribution in [1.29, 1.82) is 0 Å².